The van der Waals surface area contributed by atoms with E-state index in [0.29, 0.717) is 6.54 Å². The Hall–Kier alpha value is -1.42. The topological polar surface area (TPSA) is 53.4 Å². The largest absolute Gasteiger partial charge is 0.396 e. The van der Waals surface area contributed by atoms with E-state index in [-0.39, 0.29) is 18.4 Å². The molecule has 4 nitrogen and oxygen atoms in total. The van der Waals surface area contributed by atoms with Crippen molar-refractivity contribution in [2.24, 2.45) is 5.92 Å². The smallest absolute Gasteiger partial charge is 0.232 e. The number of carbonyl (C=O) groups is 1. The lowest BCUT2D eigenvalue weighted by molar-refractivity contribution is -0.122. The Labute approximate surface area is 89.6 Å². The van der Waals surface area contributed by atoms with Crippen LogP contribution in [0.3, 0.4) is 0 Å². The maximum Gasteiger partial charge on any atom is 0.232 e. The molecule has 1 amide bonds. The molecule has 82 valence electrons. The molecule has 0 aliphatic carbocycles. The summed E-state index contributed by atoms with van der Waals surface area (Å²) in [6, 6.07) is 3.57. The predicted molar refractivity (Wildman–Crippen MR) is 58.5 cm³/mol. The van der Waals surface area contributed by atoms with Crippen molar-refractivity contribution in [3.05, 3.63) is 24.5 Å². The molecule has 4 heteroatoms. The molecule has 1 N–H and O–H groups in total. The number of nitrogens with zero attached hydrogens (tertiary/aromatic N) is 2. The normalized spacial score (nSPS) is 12.2. The van der Waals surface area contributed by atoms with E-state index in [1.165, 1.54) is 0 Å². The van der Waals surface area contributed by atoms with Gasteiger partial charge in [0, 0.05) is 24.6 Å². The van der Waals surface area contributed by atoms with E-state index in [1.54, 1.807) is 36.4 Å². The molecule has 1 atom stereocenters. The monoisotopic (exact) mass is 208 g/mol. The van der Waals surface area contributed by atoms with Gasteiger partial charge in [-0.05, 0) is 19.1 Å². The van der Waals surface area contributed by atoms with Crippen LogP contribution in [0.1, 0.15) is 13.8 Å². The van der Waals surface area contributed by atoms with Crippen LogP contribution >= 0.6 is 0 Å². The fourth-order valence-corrected chi connectivity index (χ4v) is 1.33. The maximum atomic E-state index is 11.9. The number of pyridine rings is 1. The van der Waals surface area contributed by atoms with Gasteiger partial charge in [-0.15, -0.1) is 0 Å². The molecule has 0 saturated heterocycles. The van der Waals surface area contributed by atoms with Crippen LogP contribution in [0.5, 0.6) is 0 Å². The van der Waals surface area contributed by atoms with Crippen molar-refractivity contribution in [2.45, 2.75) is 13.8 Å². The minimum absolute atomic E-state index is 0.0637. The number of carbonyl (C=O) groups excluding carboxylic acids is 1. The summed E-state index contributed by atoms with van der Waals surface area (Å²) in [6.07, 6.45) is 3.30. The summed E-state index contributed by atoms with van der Waals surface area (Å²) in [5.74, 6) is -0.427. The molecule has 0 bridgehead atoms. The van der Waals surface area contributed by atoms with E-state index in [4.69, 9.17) is 5.11 Å². The molecule has 0 aliphatic rings. The third kappa shape index (κ3) is 2.76. The Balaban J connectivity index is 2.85. The Morgan fingerprint density at radius 3 is 2.60 bits per heavy atom. The zero-order chi connectivity index (χ0) is 11.3. The lowest BCUT2D eigenvalue weighted by Crippen LogP contribution is -2.36. The van der Waals surface area contributed by atoms with Gasteiger partial charge in [-0.1, -0.05) is 6.92 Å². The third-order valence-electron chi connectivity index (χ3n) is 2.25. The number of hydrogen-bond donors (Lipinski definition) is 1. The highest BCUT2D eigenvalue weighted by Gasteiger charge is 2.19. The summed E-state index contributed by atoms with van der Waals surface area (Å²) in [5.41, 5.74) is 0.817. The molecule has 1 aromatic rings. The summed E-state index contributed by atoms with van der Waals surface area (Å²) in [4.78, 5) is 17.4. The molecule has 0 fully saturated rings. The highest BCUT2D eigenvalue weighted by molar-refractivity contribution is 5.94. The van der Waals surface area contributed by atoms with Gasteiger partial charge in [0.1, 0.15) is 0 Å². The van der Waals surface area contributed by atoms with Gasteiger partial charge in [-0.3, -0.25) is 9.78 Å². The van der Waals surface area contributed by atoms with E-state index >= 15 is 0 Å². The van der Waals surface area contributed by atoms with Crippen molar-refractivity contribution in [2.75, 3.05) is 18.1 Å². The second-order valence-corrected chi connectivity index (χ2v) is 3.37. The van der Waals surface area contributed by atoms with Crippen LogP contribution in [0.15, 0.2) is 24.5 Å². The molecule has 0 radical (unpaired) electrons. The number of aromatic nitrogens is 1. The van der Waals surface area contributed by atoms with E-state index in [2.05, 4.69) is 4.98 Å². The molecule has 1 unspecified atom stereocenters. The van der Waals surface area contributed by atoms with Crippen LogP contribution in [0.2, 0.25) is 0 Å². The first-order chi connectivity index (χ1) is 7.20. The van der Waals surface area contributed by atoms with Gasteiger partial charge in [-0.25, -0.2) is 0 Å². The minimum Gasteiger partial charge on any atom is -0.396 e. The molecule has 1 rings (SSSR count). The predicted octanol–water partition coefficient (Wildman–Crippen LogP) is 1.06. The number of rotatable bonds is 4. The van der Waals surface area contributed by atoms with Crippen molar-refractivity contribution < 1.29 is 9.90 Å². The Morgan fingerprint density at radius 1 is 1.53 bits per heavy atom. The van der Waals surface area contributed by atoms with Gasteiger partial charge >= 0.3 is 0 Å². The molecule has 1 aromatic heterocycles. The van der Waals surface area contributed by atoms with Crippen LogP contribution in [-0.2, 0) is 4.79 Å². The molecule has 1 heterocycles. The lowest BCUT2D eigenvalue weighted by Gasteiger charge is -2.23. The second kappa shape index (κ2) is 5.46. The summed E-state index contributed by atoms with van der Waals surface area (Å²) >= 11 is 0. The molecule has 0 aromatic carbocycles. The van der Waals surface area contributed by atoms with Crippen LogP contribution in [0.25, 0.3) is 0 Å². The average molecular weight is 208 g/mol. The van der Waals surface area contributed by atoms with Gasteiger partial charge in [0.15, 0.2) is 0 Å². The Bertz CT molecular complexity index is 314. The van der Waals surface area contributed by atoms with Gasteiger partial charge in [0.2, 0.25) is 5.91 Å². The maximum absolute atomic E-state index is 11.9. The highest BCUT2D eigenvalue weighted by atomic mass is 16.3. The van der Waals surface area contributed by atoms with E-state index in [1.807, 2.05) is 6.92 Å². The zero-order valence-corrected chi connectivity index (χ0v) is 9.05. The first-order valence-corrected chi connectivity index (χ1v) is 5.03. The summed E-state index contributed by atoms with van der Waals surface area (Å²) < 4.78 is 0. The SMILES string of the molecule is CCN(C(=O)C(C)CO)c1ccncc1. The van der Waals surface area contributed by atoms with Crippen LogP contribution < -0.4 is 4.90 Å². The van der Waals surface area contributed by atoms with Crippen molar-refractivity contribution >= 4 is 11.6 Å². The standard InChI is InChI=1S/C11H16N2O2/c1-3-13(11(15)9(2)8-14)10-4-6-12-7-5-10/h4-7,9,14H,3,8H2,1-2H3. The number of anilines is 1. The fourth-order valence-electron chi connectivity index (χ4n) is 1.33. The quantitative estimate of drug-likeness (QED) is 0.805. The van der Waals surface area contributed by atoms with Crippen molar-refractivity contribution in [1.29, 1.82) is 0 Å². The Kier molecular flexibility index (Phi) is 4.24. The third-order valence-corrected chi connectivity index (χ3v) is 2.25. The number of hydrogen-bond acceptors (Lipinski definition) is 3. The number of aliphatic hydroxyl groups excluding tert-OH is 1. The molecule has 15 heavy (non-hydrogen) atoms. The minimum atomic E-state index is -0.363. The summed E-state index contributed by atoms with van der Waals surface area (Å²) in [6.45, 7) is 4.09. The van der Waals surface area contributed by atoms with Crippen molar-refractivity contribution in [3.8, 4) is 0 Å². The Morgan fingerprint density at radius 2 is 2.13 bits per heavy atom. The van der Waals surface area contributed by atoms with E-state index < -0.39 is 0 Å². The van der Waals surface area contributed by atoms with Crippen LogP contribution in [-0.4, -0.2) is 29.1 Å². The zero-order valence-electron chi connectivity index (χ0n) is 9.05. The van der Waals surface area contributed by atoms with Gasteiger partial charge in [0.25, 0.3) is 0 Å². The van der Waals surface area contributed by atoms with Gasteiger partial charge < -0.3 is 10.0 Å². The average Bonchev–Trinajstić information content (AvgIpc) is 2.30. The highest BCUT2D eigenvalue weighted by Crippen LogP contribution is 2.14. The summed E-state index contributed by atoms with van der Waals surface area (Å²) in [7, 11) is 0. The van der Waals surface area contributed by atoms with Gasteiger partial charge in [-0.2, -0.15) is 0 Å². The van der Waals surface area contributed by atoms with Gasteiger partial charge in [0.05, 0.1) is 12.5 Å². The number of amides is 1. The van der Waals surface area contributed by atoms with E-state index in [9.17, 15) is 4.79 Å². The van der Waals surface area contributed by atoms with Crippen molar-refractivity contribution in [3.63, 3.8) is 0 Å². The van der Waals surface area contributed by atoms with Crippen LogP contribution in [0, 0.1) is 5.92 Å². The molecular formula is C11H16N2O2. The molecule has 0 spiro atoms. The first-order valence-electron chi connectivity index (χ1n) is 5.03. The van der Waals surface area contributed by atoms with E-state index in [0.717, 1.165) is 5.69 Å². The molecule has 0 saturated carbocycles. The van der Waals surface area contributed by atoms with Crippen LogP contribution in [0.4, 0.5) is 5.69 Å². The molecule has 0 aliphatic heterocycles. The second-order valence-electron chi connectivity index (χ2n) is 3.37. The van der Waals surface area contributed by atoms with Crippen molar-refractivity contribution in [1.82, 2.24) is 4.98 Å². The first kappa shape index (κ1) is 11.7. The number of aliphatic hydroxyl groups is 1. The summed E-state index contributed by atoms with van der Waals surface area (Å²) in [5, 5.41) is 8.94. The lowest BCUT2D eigenvalue weighted by atomic mass is 10.1. The fraction of sp³-hybridized carbons (Fsp3) is 0.455. The molecular weight excluding hydrogens is 192 g/mol.